The van der Waals surface area contributed by atoms with Gasteiger partial charge in [-0.2, -0.15) is 5.10 Å². The lowest BCUT2D eigenvalue weighted by molar-refractivity contribution is -0.136. The smallest absolute Gasteiger partial charge is 0.228 e. The second kappa shape index (κ2) is 5.57. The number of carbonyl (C=O) groups excluding carboxylic acids is 2. The summed E-state index contributed by atoms with van der Waals surface area (Å²) < 4.78 is 5.29. The first kappa shape index (κ1) is 14.0. The van der Waals surface area contributed by atoms with Crippen molar-refractivity contribution in [2.24, 2.45) is 5.92 Å². The highest BCUT2D eigenvalue weighted by Gasteiger charge is 2.37. The third-order valence-electron chi connectivity index (χ3n) is 4.60. The average molecular weight is 314 g/mol. The zero-order valence-electron chi connectivity index (χ0n) is 12.7. The number of likely N-dealkylation sites (tertiary alicyclic amines) is 1. The van der Waals surface area contributed by atoms with Gasteiger partial charge in [-0.05, 0) is 12.1 Å². The Morgan fingerprint density at radius 3 is 3.22 bits per heavy atom. The van der Waals surface area contributed by atoms with E-state index in [1.807, 2.05) is 11.0 Å². The summed E-state index contributed by atoms with van der Waals surface area (Å²) in [5, 5.41) is 6.99. The zero-order chi connectivity index (χ0) is 15.8. The summed E-state index contributed by atoms with van der Waals surface area (Å²) in [7, 11) is 0. The maximum Gasteiger partial charge on any atom is 0.228 e. The van der Waals surface area contributed by atoms with E-state index in [0.717, 1.165) is 23.4 Å². The molecule has 2 amide bonds. The van der Waals surface area contributed by atoms with Gasteiger partial charge in [0.15, 0.2) is 0 Å². The van der Waals surface area contributed by atoms with Gasteiger partial charge in [-0.15, -0.1) is 0 Å². The predicted molar refractivity (Wildman–Crippen MR) is 79.9 cm³/mol. The first-order valence-electron chi connectivity index (χ1n) is 7.81. The number of aromatic amines is 1. The van der Waals surface area contributed by atoms with Crippen molar-refractivity contribution in [3.05, 3.63) is 41.6 Å². The highest BCUT2D eigenvalue weighted by atomic mass is 16.3. The molecule has 0 bridgehead atoms. The van der Waals surface area contributed by atoms with Crippen LogP contribution in [0, 0.1) is 5.92 Å². The number of furan rings is 1. The quantitative estimate of drug-likeness (QED) is 0.914. The number of rotatable bonds is 3. The molecule has 7 heteroatoms. The van der Waals surface area contributed by atoms with Crippen LogP contribution < -0.4 is 0 Å². The molecule has 2 aromatic rings. The molecule has 2 aromatic heterocycles. The molecule has 2 aliphatic heterocycles. The molecule has 4 heterocycles. The van der Waals surface area contributed by atoms with Gasteiger partial charge in [0, 0.05) is 43.7 Å². The van der Waals surface area contributed by atoms with Gasteiger partial charge < -0.3 is 14.2 Å². The number of hydrogen-bond donors (Lipinski definition) is 1. The molecule has 2 aliphatic rings. The number of aromatic nitrogens is 2. The van der Waals surface area contributed by atoms with Gasteiger partial charge in [-0.25, -0.2) is 0 Å². The summed E-state index contributed by atoms with van der Waals surface area (Å²) in [6.07, 6.45) is 4.44. The number of carbonyl (C=O) groups is 2. The number of H-pyrrole nitrogens is 1. The van der Waals surface area contributed by atoms with E-state index >= 15 is 0 Å². The third kappa shape index (κ3) is 2.62. The minimum atomic E-state index is -0.258. The third-order valence-corrected chi connectivity index (χ3v) is 4.60. The molecule has 1 N–H and O–H groups in total. The molecule has 1 unspecified atom stereocenters. The fraction of sp³-hybridized carbons (Fsp3) is 0.438. The molecule has 7 nitrogen and oxygen atoms in total. The lowest BCUT2D eigenvalue weighted by Crippen LogP contribution is -2.40. The lowest BCUT2D eigenvalue weighted by atomic mass is 10.0. The largest absolute Gasteiger partial charge is 0.467 e. The fourth-order valence-electron chi connectivity index (χ4n) is 3.35. The van der Waals surface area contributed by atoms with Gasteiger partial charge in [0.05, 0.1) is 24.9 Å². The molecule has 120 valence electrons. The van der Waals surface area contributed by atoms with Crippen LogP contribution in [0.15, 0.2) is 29.0 Å². The minimum Gasteiger partial charge on any atom is -0.467 e. The molecule has 0 saturated carbocycles. The Balaban J connectivity index is 1.41. The van der Waals surface area contributed by atoms with E-state index in [1.165, 1.54) is 0 Å². The van der Waals surface area contributed by atoms with Crippen molar-refractivity contribution in [2.45, 2.75) is 25.9 Å². The fourth-order valence-corrected chi connectivity index (χ4v) is 3.35. The topological polar surface area (TPSA) is 82.4 Å². The zero-order valence-corrected chi connectivity index (χ0v) is 12.7. The van der Waals surface area contributed by atoms with Gasteiger partial charge >= 0.3 is 0 Å². The summed E-state index contributed by atoms with van der Waals surface area (Å²) in [5.74, 6) is 0.561. The Morgan fingerprint density at radius 2 is 2.39 bits per heavy atom. The van der Waals surface area contributed by atoms with E-state index in [9.17, 15) is 9.59 Å². The first-order chi connectivity index (χ1) is 11.2. The maximum atomic E-state index is 12.7. The van der Waals surface area contributed by atoms with Crippen LogP contribution in [0.1, 0.15) is 23.4 Å². The Hall–Kier alpha value is -2.57. The maximum absolute atomic E-state index is 12.7. The Kier molecular flexibility index (Phi) is 3.40. The summed E-state index contributed by atoms with van der Waals surface area (Å²) in [6.45, 7) is 2.15. The van der Waals surface area contributed by atoms with Gasteiger partial charge in [0.2, 0.25) is 11.8 Å². The number of nitrogens with one attached hydrogen (secondary N) is 1. The number of nitrogens with zero attached hydrogens (tertiary/aromatic N) is 3. The van der Waals surface area contributed by atoms with Crippen LogP contribution in [-0.2, 0) is 29.1 Å². The van der Waals surface area contributed by atoms with Crippen molar-refractivity contribution in [1.82, 2.24) is 20.0 Å². The molecule has 23 heavy (non-hydrogen) atoms. The average Bonchev–Trinajstić information content (AvgIpc) is 3.28. The van der Waals surface area contributed by atoms with Crippen LogP contribution in [0.4, 0.5) is 0 Å². The van der Waals surface area contributed by atoms with Crippen LogP contribution in [0.5, 0.6) is 0 Å². The molecule has 0 aromatic carbocycles. The van der Waals surface area contributed by atoms with Crippen LogP contribution in [0.2, 0.25) is 0 Å². The van der Waals surface area contributed by atoms with Crippen molar-refractivity contribution in [3.63, 3.8) is 0 Å². The summed E-state index contributed by atoms with van der Waals surface area (Å²) >= 11 is 0. The monoisotopic (exact) mass is 314 g/mol. The number of fused-ring (bicyclic) bond motifs is 1. The summed E-state index contributed by atoms with van der Waals surface area (Å²) in [5.41, 5.74) is 2.18. The molecule has 0 aliphatic carbocycles. The standard InChI is InChI=1S/C16H18N4O3/c21-15-6-11(8-20(15)10-13-2-1-5-23-13)16(22)19-4-3-14-12(9-19)7-17-18-14/h1-2,5,7,11H,3-4,6,8-10H2,(H,17,18). The van der Waals surface area contributed by atoms with Gasteiger partial charge in [0.1, 0.15) is 5.76 Å². The second-order valence-corrected chi connectivity index (χ2v) is 6.14. The van der Waals surface area contributed by atoms with Gasteiger partial charge in [-0.1, -0.05) is 0 Å². The van der Waals surface area contributed by atoms with Crippen molar-refractivity contribution in [3.8, 4) is 0 Å². The van der Waals surface area contributed by atoms with E-state index in [0.29, 0.717) is 26.2 Å². The molecule has 1 saturated heterocycles. The Bertz CT molecular complexity index is 722. The van der Waals surface area contributed by atoms with Crippen molar-refractivity contribution in [1.29, 1.82) is 0 Å². The SMILES string of the molecule is O=C1CC(C(=O)N2CCc3[nH]ncc3C2)CN1Cc1ccco1. The van der Waals surface area contributed by atoms with Gasteiger partial charge in [-0.3, -0.25) is 14.7 Å². The van der Waals surface area contributed by atoms with Crippen molar-refractivity contribution < 1.29 is 14.0 Å². The van der Waals surface area contributed by atoms with Crippen LogP contribution >= 0.6 is 0 Å². The normalized spacial score (nSPS) is 20.9. The molecule has 1 fully saturated rings. The van der Waals surface area contributed by atoms with Crippen LogP contribution in [0.3, 0.4) is 0 Å². The number of amides is 2. The molecule has 1 atom stereocenters. The van der Waals surface area contributed by atoms with Crippen molar-refractivity contribution in [2.75, 3.05) is 13.1 Å². The van der Waals surface area contributed by atoms with Gasteiger partial charge in [0.25, 0.3) is 0 Å². The van der Waals surface area contributed by atoms with Crippen LogP contribution in [0.25, 0.3) is 0 Å². The van der Waals surface area contributed by atoms with E-state index in [2.05, 4.69) is 10.2 Å². The molecule has 4 rings (SSSR count). The number of hydrogen-bond acceptors (Lipinski definition) is 4. The molecule has 0 spiro atoms. The van der Waals surface area contributed by atoms with E-state index in [-0.39, 0.29) is 24.2 Å². The molecular formula is C16H18N4O3. The van der Waals surface area contributed by atoms with E-state index < -0.39 is 0 Å². The summed E-state index contributed by atoms with van der Waals surface area (Å²) in [6, 6.07) is 3.64. The molecular weight excluding hydrogens is 296 g/mol. The van der Waals surface area contributed by atoms with Crippen LogP contribution in [-0.4, -0.2) is 44.9 Å². The first-order valence-corrected chi connectivity index (χ1v) is 7.81. The highest BCUT2D eigenvalue weighted by molar-refractivity contribution is 5.89. The predicted octanol–water partition coefficient (Wildman–Crippen LogP) is 0.936. The minimum absolute atomic E-state index is 0.0146. The highest BCUT2D eigenvalue weighted by Crippen LogP contribution is 2.25. The lowest BCUT2D eigenvalue weighted by Gasteiger charge is -2.28. The Labute approximate surface area is 133 Å². The van der Waals surface area contributed by atoms with E-state index in [4.69, 9.17) is 4.42 Å². The van der Waals surface area contributed by atoms with Crippen molar-refractivity contribution >= 4 is 11.8 Å². The van der Waals surface area contributed by atoms with E-state index in [1.54, 1.807) is 23.4 Å². The second-order valence-electron chi connectivity index (χ2n) is 6.14. The molecule has 0 radical (unpaired) electrons. The summed E-state index contributed by atoms with van der Waals surface area (Å²) in [4.78, 5) is 28.4. The Morgan fingerprint density at radius 1 is 1.48 bits per heavy atom.